The Morgan fingerprint density at radius 1 is 1.12 bits per heavy atom. The average molecular weight is 462 g/mol. The van der Waals surface area contributed by atoms with Gasteiger partial charge in [-0.3, -0.25) is 9.59 Å². The molecule has 3 aromatic rings. The van der Waals surface area contributed by atoms with Crippen molar-refractivity contribution in [2.45, 2.75) is 45.3 Å². The zero-order valence-electron chi connectivity index (χ0n) is 19.7. The van der Waals surface area contributed by atoms with E-state index in [4.69, 9.17) is 9.47 Å². The molecule has 1 aliphatic rings. The lowest BCUT2D eigenvalue weighted by atomic mass is 9.83. The van der Waals surface area contributed by atoms with Crippen LogP contribution in [0.2, 0.25) is 0 Å². The number of carbonyl (C=O) groups is 2. The zero-order valence-corrected chi connectivity index (χ0v) is 19.7. The van der Waals surface area contributed by atoms with Crippen LogP contribution in [0, 0.1) is 5.92 Å². The molecule has 2 unspecified atom stereocenters. The van der Waals surface area contributed by atoms with Crippen LogP contribution in [0.25, 0.3) is 5.69 Å². The Kier molecular flexibility index (Phi) is 7.62. The smallest absolute Gasteiger partial charge is 0.311 e. The molecule has 178 valence electrons. The van der Waals surface area contributed by atoms with Crippen molar-refractivity contribution >= 4 is 11.9 Å². The third kappa shape index (κ3) is 5.14. The molecule has 34 heavy (non-hydrogen) atoms. The van der Waals surface area contributed by atoms with Gasteiger partial charge in [0.2, 0.25) is 5.91 Å². The minimum Gasteiger partial charge on any atom is -0.496 e. The van der Waals surface area contributed by atoms with E-state index >= 15 is 0 Å². The lowest BCUT2D eigenvalue weighted by molar-refractivity contribution is -0.158. The second-order valence-electron chi connectivity index (χ2n) is 8.50. The first-order valence-corrected chi connectivity index (χ1v) is 11.8. The lowest BCUT2D eigenvalue weighted by Gasteiger charge is -2.41. The predicted molar refractivity (Wildman–Crippen MR) is 128 cm³/mol. The van der Waals surface area contributed by atoms with Gasteiger partial charge in [0.15, 0.2) is 0 Å². The standard InChI is InChI=1S/C27H31N3O4/c1-3-4-17-29-25(31)15-14-23(26(29)22-8-5-6-9-24(22)33-2)27(32)34-19-20-10-12-21(13-11-20)30-18-7-16-28-30/h5-13,16,18,23,26H,3-4,14-15,17,19H2,1-2H3. The molecule has 2 heterocycles. The van der Waals surface area contributed by atoms with Crippen LogP contribution in [-0.2, 0) is 20.9 Å². The molecule has 7 nitrogen and oxygen atoms in total. The Morgan fingerprint density at radius 2 is 1.91 bits per heavy atom. The van der Waals surface area contributed by atoms with Gasteiger partial charge >= 0.3 is 5.97 Å². The van der Waals surface area contributed by atoms with Gasteiger partial charge in [-0.2, -0.15) is 5.10 Å². The number of ether oxygens (including phenoxy) is 2. The maximum atomic E-state index is 13.3. The van der Waals surface area contributed by atoms with Gasteiger partial charge in [0.1, 0.15) is 12.4 Å². The highest BCUT2D eigenvalue weighted by molar-refractivity contribution is 5.82. The van der Waals surface area contributed by atoms with Crippen LogP contribution in [0.3, 0.4) is 0 Å². The SMILES string of the molecule is CCCCN1C(=O)CCC(C(=O)OCc2ccc(-n3cccn3)cc2)C1c1ccccc1OC. The molecule has 1 saturated heterocycles. The monoisotopic (exact) mass is 461 g/mol. The summed E-state index contributed by atoms with van der Waals surface area (Å²) >= 11 is 0. The summed E-state index contributed by atoms with van der Waals surface area (Å²) in [5.74, 6) is 0.00795. The first-order valence-electron chi connectivity index (χ1n) is 11.8. The molecule has 1 aromatic heterocycles. The van der Waals surface area contributed by atoms with Crippen LogP contribution in [0.5, 0.6) is 5.75 Å². The van der Waals surface area contributed by atoms with Crippen LogP contribution in [-0.4, -0.2) is 40.2 Å². The van der Waals surface area contributed by atoms with E-state index in [2.05, 4.69) is 12.0 Å². The van der Waals surface area contributed by atoms with Gasteiger partial charge in [0.25, 0.3) is 0 Å². The number of hydrogen-bond acceptors (Lipinski definition) is 5. The molecule has 1 amide bonds. The lowest BCUT2D eigenvalue weighted by Crippen LogP contribution is -2.46. The Hall–Kier alpha value is -3.61. The van der Waals surface area contributed by atoms with E-state index in [1.54, 1.807) is 18.0 Å². The Balaban J connectivity index is 1.52. The van der Waals surface area contributed by atoms with Gasteiger partial charge in [-0.1, -0.05) is 43.7 Å². The zero-order chi connectivity index (χ0) is 23.9. The van der Waals surface area contributed by atoms with E-state index in [9.17, 15) is 9.59 Å². The van der Waals surface area contributed by atoms with E-state index in [1.165, 1.54) is 0 Å². The summed E-state index contributed by atoms with van der Waals surface area (Å²) in [4.78, 5) is 28.0. The summed E-state index contributed by atoms with van der Waals surface area (Å²) in [6.45, 7) is 2.88. The summed E-state index contributed by atoms with van der Waals surface area (Å²) in [6, 6.07) is 16.8. The minimum absolute atomic E-state index is 0.0719. The average Bonchev–Trinajstić information content (AvgIpc) is 3.42. The van der Waals surface area contributed by atoms with Crippen molar-refractivity contribution in [1.29, 1.82) is 0 Å². The number of likely N-dealkylation sites (tertiary alicyclic amines) is 1. The van der Waals surface area contributed by atoms with Crippen LogP contribution >= 0.6 is 0 Å². The number of amides is 1. The third-order valence-corrected chi connectivity index (χ3v) is 6.31. The van der Waals surface area contributed by atoms with E-state index in [0.29, 0.717) is 25.1 Å². The number of aromatic nitrogens is 2. The number of benzene rings is 2. The van der Waals surface area contributed by atoms with Crippen LogP contribution in [0.1, 0.15) is 49.8 Å². The molecule has 2 aromatic carbocycles. The van der Waals surface area contributed by atoms with Crippen LogP contribution in [0.4, 0.5) is 0 Å². The molecular weight excluding hydrogens is 430 g/mol. The fourth-order valence-corrected chi connectivity index (χ4v) is 4.52. The van der Waals surface area contributed by atoms with Crippen molar-refractivity contribution in [3.05, 3.63) is 78.1 Å². The summed E-state index contributed by atoms with van der Waals surface area (Å²) in [6.07, 6.45) is 6.25. The molecule has 0 radical (unpaired) electrons. The second-order valence-corrected chi connectivity index (χ2v) is 8.50. The van der Waals surface area contributed by atoms with Gasteiger partial charge < -0.3 is 14.4 Å². The van der Waals surface area contributed by atoms with E-state index in [0.717, 1.165) is 29.7 Å². The fourth-order valence-electron chi connectivity index (χ4n) is 4.52. The molecule has 1 fully saturated rings. The highest BCUT2D eigenvalue weighted by atomic mass is 16.5. The minimum atomic E-state index is -0.450. The normalized spacial score (nSPS) is 18.1. The first kappa shape index (κ1) is 23.5. The van der Waals surface area contributed by atoms with Crippen LogP contribution < -0.4 is 4.74 Å². The summed E-state index contributed by atoms with van der Waals surface area (Å²) < 4.78 is 13.1. The molecule has 1 aliphatic heterocycles. The molecule has 0 N–H and O–H groups in total. The predicted octanol–water partition coefficient (Wildman–Crippen LogP) is 4.70. The number of hydrogen-bond donors (Lipinski definition) is 0. The van der Waals surface area contributed by atoms with Crippen molar-refractivity contribution in [2.24, 2.45) is 5.92 Å². The maximum absolute atomic E-state index is 13.3. The molecule has 0 aliphatic carbocycles. The largest absolute Gasteiger partial charge is 0.496 e. The number of methoxy groups -OCH3 is 1. The quantitative estimate of drug-likeness (QED) is 0.432. The van der Waals surface area contributed by atoms with Crippen molar-refractivity contribution in [3.8, 4) is 11.4 Å². The van der Waals surface area contributed by atoms with Crippen molar-refractivity contribution < 1.29 is 19.1 Å². The maximum Gasteiger partial charge on any atom is 0.311 e. The highest BCUT2D eigenvalue weighted by Gasteiger charge is 2.42. The molecular formula is C27H31N3O4. The molecule has 4 rings (SSSR count). The Morgan fingerprint density at radius 3 is 2.62 bits per heavy atom. The topological polar surface area (TPSA) is 73.7 Å². The Bertz CT molecular complexity index is 1100. The van der Waals surface area contributed by atoms with Gasteiger partial charge in [-0.15, -0.1) is 0 Å². The van der Waals surface area contributed by atoms with Gasteiger partial charge in [0.05, 0.1) is 24.8 Å². The molecule has 0 bridgehead atoms. The van der Waals surface area contributed by atoms with Gasteiger partial charge in [-0.25, -0.2) is 4.68 Å². The fraction of sp³-hybridized carbons (Fsp3) is 0.370. The third-order valence-electron chi connectivity index (χ3n) is 6.31. The van der Waals surface area contributed by atoms with Crippen molar-refractivity contribution in [1.82, 2.24) is 14.7 Å². The van der Waals surface area contributed by atoms with Crippen LogP contribution in [0.15, 0.2) is 67.0 Å². The second kappa shape index (κ2) is 11.0. The summed E-state index contributed by atoms with van der Waals surface area (Å²) in [5, 5.41) is 4.23. The number of rotatable bonds is 9. The van der Waals surface area contributed by atoms with Gasteiger partial charge in [0, 0.05) is 30.9 Å². The van der Waals surface area contributed by atoms with E-state index < -0.39 is 12.0 Å². The number of esters is 1. The number of para-hydroxylation sites is 1. The molecule has 0 saturated carbocycles. The van der Waals surface area contributed by atoms with Crippen molar-refractivity contribution in [3.63, 3.8) is 0 Å². The molecule has 2 atom stereocenters. The number of nitrogens with zero attached hydrogens (tertiary/aromatic N) is 3. The van der Waals surface area contributed by atoms with E-state index in [-0.39, 0.29) is 18.5 Å². The van der Waals surface area contributed by atoms with Gasteiger partial charge in [-0.05, 0) is 42.7 Å². The summed E-state index contributed by atoms with van der Waals surface area (Å²) in [7, 11) is 1.61. The molecule has 7 heteroatoms. The Labute approximate surface area is 200 Å². The number of piperidine rings is 1. The van der Waals surface area contributed by atoms with Crippen molar-refractivity contribution in [2.75, 3.05) is 13.7 Å². The number of carbonyl (C=O) groups excluding carboxylic acids is 2. The molecule has 0 spiro atoms. The number of unbranched alkanes of at least 4 members (excludes halogenated alkanes) is 1. The summed E-state index contributed by atoms with van der Waals surface area (Å²) in [5.41, 5.74) is 2.68. The highest BCUT2D eigenvalue weighted by Crippen LogP contribution is 2.41. The van der Waals surface area contributed by atoms with E-state index in [1.807, 2.05) is 65.7 Å². The first-order chi connectivity index (χ1) is 16.6.